The van der Waals surface area contributed by atoms with Crippen LogP contribution >= 0.6 is 11.3 Å². The van der Waals surface area contributed by atoms with Crippen LogP contribution in [0.5, 0.6) is 0 Å². The van der Waals surface area contributed by atoms with Crippen molar-refractivity contribution in [1.29, 1.82) is 0 Å². The first kappa shape index (κ1) is 21.2. The number of benzene rings is 1. The van der Waals surface area contributed by atoms with Crippen LogP contribution in [0.3, 0.4) is 0 Å². The zero-order valence-corrected chi connectivity index (χ0v) is 17.9. The van der Waals surface area contributed by atoms with E-state index in [-0.39, 0.29) is 30.5 Å². The van der Waals surface area contributed by atoms with Gasteiger partial charge < -0.3 is 4.42 Å². The number of aryl methyl sites for hydroxylation is 3. The van der Waals surface area contributed by atoms with Gasteiger partial charge in [0.2, 0.25) is 5.91 Å². The Hall–Kier alpha value is -3.00. The number of hydrazine groups is 1. The Morgan fingerprint density at radius 3 is 2.65 bits per heavy atom. The largest absolute Gasteiger partial charge is 0.441 e. The fourth-order valence-corrected chi connectivity index (χ4v) is 4.75. The standard InChI is InChI=1S/C23H24FN3O3S/c24-17-9-7-15(8-10-17)18-14-25-22(30-18)12-11-21(28)26-27-23(29)20-13-16-5-3-1-2-4-6-19(16)31-20/h7-10,13-14H,1-6,11-12H2,(H,26,28)(H,27,29). The van der Waals surface area contributed by atoms with Gasteiger partial charge in [0.1, 0.15) is 5.82 Å². The molecule has 0 bridgehead atoms. The van der Waals surface area contributed by atoms with Crippen molar-refractivity contribution in [3.05, 3.63) is 63.6 Å². The van der Waals surface area contributed by atoms with Gasteiger partial charge in [-0.3, -0.25) is 20.4 Å². The molecular formula is C23H24FN3O3S. The van der Waals surface area contributed by atoms with Gasteiger partial charge in [-0.05, 0) is 61.6 Å². The Kier molecular flexibility index (Phi) is 6.76. The number of halogens is 1. The second-order valence-electron chi connectivity index (χ2n) is 7.60. The first-order chi connectivity index (χ1) is 15.1. The van der Waals surface area contributed by atoms with Crippen molar-refractivity contribution in [2.75, 3.05) is 0 Å². The number of carbonyl (C=O) groups is 2. The van der Waals surface area contributed by atoms with E-state index in [0.29, 0.717) is 22.1 Å². The van der Waals surface area contributed by atoms with E-state index in [9.17, 15) is 14.0 Å². The predicted octanol–water partition coefficient (Wildman–Crippen LogP) is 4.60. The molecule has 2 N–H and O–H groups in total. The maximum Gasteiger partial charge on any atom is 0.279 e. The average molecular weight is 442 g/mol. The lowest BCUT2D eigenvalue weighted by molar-refractivity contribution is -0.121. The van der Waals surface area contributed by atoms with Gasteiger partial charge in [0.15, 0.2) is 11.7 Å². The van der Waals surface area contributed by atoms with E-state index in [4.69, 9.17) is 4.42 Å². The topological polar surface area (TPSA) is 84.2 Å². The molecule has 1 aromatic carbocycles. The van der Waals surface area contributed by atoms with Crippen LogP contribution < -0.4 is 10.9 Å². The van der Waals surface area contributed by atoms with Crippen LogP contribution in [-0.4, -0.2) is 16.8 Å². The van der Waals surface area contributed by atoms with E-state index in [1.54, 1.807) is 18.3 Å². The number of fused-ring (bicyclic) bond motifs is 1. The molecule has 3 aromatic rings. The fourth-order valence-electron chi connectivity index (χ4n) is 3.60. The number of hydrogen-bond donors (Lipinski definition) is 2. The Labute approximate surface area is 183 Å². The second-order valence-corrected chi connectivity index (χ2v) is 8.74. The molecule has 2 heterocycles. The molecule has 1 aliphatic rings. The zero-order valence-electron chi connectivity index (χ0n) is 17.1. The molecular weight excluding hydrogens is 417 g/mol. The molecule has 4 rings (SSSR count). The molecule has 0 fully saturated rings. The average Bonchev–Trinajstić information content (AvgIpc) is 3.38. The van der Waals surface area contributed by atoms with Gasteiger partial charge in [0.05, 0.1) is 11.1 Å². The molecule has 0 atom stereocenters. The number of nitrogens with zero attached hydrogens (tertiary/aromatic N) is 1. The van der Waals surface area contributed by atoms with Crippen molar-refractivity contribution in [2.24, 2.45) is 0 Å². The summed E-state index contributed by atoms with van der Waals surface area (Å²) in [5.74, 6) is -0.0311. The molecule has 0 saturated carbocycles. The Bertz CT molecular complexity index is 1030. The highest BCUT2D eigenvalue weighted by Crippen LogP contribution is 2.28. The minimum absolute atomic E-state index is 0.116. The van der Waals surface area contributed by atoms with Crippen LogP contribution in [0.2, 0.25) is 0 Å². The Balaban J connectivity index is 1.25. The fraction of sp³-hybridized carbons (Fsp3) is 0.348. The smallest absolute Gasteiger partial charge is 0.279 e. The van der Waals surface area contributed by atoms with Gasteiger partial charge in [-0.1, -0.05) is 12.8 Å². The van der Waals surface area contributed by atoms with Gasteiger partial charge in [-0.2, -0.15) is 0 Å². The third-order valence-electron chi connectivity index (χ3n) is 5.28. The van der Waals surface area contributed by atoms with E-state index in [1.807, 2.05) is 6.07 Å². The highest BCUT2D eigenvalue weighted by Gasteiger charge is 2.16. The van der Waals surface area contributed by atoms with Crippen LogP contribution in [0.15, 0.2) is 40.9 Å². The minimum Gasteiger partial charge on any atom is -0.441 e. The number of aromatic nitrogens is 1. The summed E-state index contributed by atoms with van der Waals surface area (Å²) in [6.45, 7) is 0. The summed E-state index contributed by atoms with van der Waals surface area (Å²) < 4.78 is 18.7. The minimum atomic E-state index is -0.329. The molecule has 31 heavy (non-hydrogen) atoms. The van der Waals surface area contributed by atoms with E-state index in [2.05, 4.69) is 15.8 Å². The van der Waals surface area contributed by atoms with Crippen LogP contribution in [0, 0.1) is 5.82 Å². The van der Waals surface area contributed by atoms with Crippen molar-refractivity contribution in [1.82, 2.24) is 15.8 Å². The molecule has 8 heteroatoms. The van der Waals surface area contributed by atoms with Gasteiger partial charge in [0.25, 0.3) is 5.91 Å². The van der Waals surface area contributed by atoms with Crippen molar-refractivity contribution >= 4 is 23.2 Å². The number of oxazole rings is 1. The van der Waals surface area contributed by atoms with Gasteiger partial charge in [-0.15, -0.1) is 11.3 Å². The number of amides is 2. The van der Waals surface area contributed by atoms with E-state index in [1.165, 1.54) is 46.8 Å². The summed E-state index contributed by atoms with van der Waals surface area (Å²) in [5.41, 5.74) is 6.93. The summed E-state index contributed by atoms with van der Waals surface area (Å²) in [6.07, 6.45) is 8.79. The number of hydrogen-bond acceptors (Lipinski definition) is 5. The lowest BCUT2D eigenvalue weighted by atomic mass is 10.00. The van der Waals surface area contributed by atoms with Crippen LogP contribution in [0.1, 0.15) is 58.1 Å². The van der Waals surface area contributed by atoms with Gasteiger partial charge >= 0.3 is 0 Å². The summed E-state index contributed by atoms with van der Waals surface area (Å²) in [7, 11) is 0. The molecule has 6 nitrogen and oxygen atoms in total. The van der Waals surface area contributed by atoms with Gasteiger partial charge in [0, 0.05) is 23.3 Å². The number of thiophene rings is 1. The monoisotopic (exact) mass is 441 g/mol. The maximum absolute atomic E-state index is 13.0. The zero-order chi connectivity index (χ0) is 21.6. The van der Waals surface area contributed by atoms with E-state index >= 15 is 0 Å². The lowest BCUT2D eigenvalue weighted by Gasteiger charge is -2.07. The van der Waals surface area contributed by atoms with Gasteiger partial charge in [-0.25, -0.2) is 9.37 Å². The highest BCUT2D eigenvalue weighted by atomic mass is 32.1. The first-order valence-electron chi connectivity index (χ1n) is 10.5. The number of carbonyl (C=O) groups excluding carboxylic acids is 2. The Morgan fingerprint density at radius 2 is 1.84 bits per heavy atom. The maximum atomic E-state index is 13.0. The Morgan fingerprint density at radius 1 is 1.06 bits per heavy atom. The van der Waals surface area contributed by atoms with Crippen molar-refractivity contribution in [3.63, 3.8) is 0 Å². The van der Waals surface area contributed by atoms with Crippen molar-refractivity contribution in [2.45, 2.75) is 51.4 Å². The molecule has 0 aliphatic heterocycles. The molecule has 0 saturated heterocycles. The first-order valence-corrected chi connectivity index (χ1v) is 11.3. The van der Waals surface area contributed by atoms with E-state index in [0.717, 1.165) is 25.7 Å². The van der Waals surface area contributed by atoms with Crippen molar-refractivity contribution in [3.8, 4) is 11.3 Å². The summed E-state index contributed by atoms with van der Waals surface area (Å²) in [4.78, 5) is 30.6. The highest BCUT2D eigenvalue weighted by molar-refractivity contribution is 7.14. The molecule has 0 radical (unpaired) electrons. The molecule has 1 aliphatic carbocycles. The van der Waals surface area contributed by atoms with Crippen LogP contribution in [0.25, 0.3) is 11.3 Å². The number of rotatable bonds is 5. The van der Waals surface area contributed by atoms with Crippen molar-refractivity contribution < 1.29 is 18.4 Å². The molecule has 2 amide bonds. The summed E-state index contributed by atoms with van der Waals surface area (Å²) in [6, 6.07) is 7.86. The molecule has 0 unspecified atom stereocenters. The normalized spacial score (nSPS) is 13.7. The lowest BCUT2D eigenvalue weighted by Crippen LogP contribution is -2.41. The second kappa shape index (κ2) is 9.87. The van der Waals surface area contributed by atoms with E-state index < -0.39 is 0 Å². The molecule has 2 aromatic heterocycles. The molecule has 0 spiro atoms. The summed E-state index contributed by atoms with van der Waals surface area (Å²) >= 11 is 1.52. The summed E-state index contributed by atoms with van der Waals surface area (Å²) in [5, 5.41) is 0. The SMILES string of the molecule is O=C(CCc1ncc(-c2ccc(F)cc2)o1)NNC(=O)c1cc2c(s1)CCCCCC2. The third kappa shape index (κ3) is 5.58. The van der Waals surface area contributed by atoms with Crippen LogP contribution in [0.4, 0.5) is 4.39 Å². The predicted molar refractivity (Wildman–Crippen MR) is 116 cm³/mol. The molecule has 162 valence electrons. The number of nitrogens with one attached hydrogen (secondary N) is 2. The third-order valence-corrected chi connectivity index (χ3v) is 6.52. The quantitative estimate of drug-likeness (QED) is 0.567. The van der Waals surface area contributed by atoms with Crippen LogP contribution in [-0.2, 0) is 24.1 Å².